The van der Waals surface area contributed by atoms with Gasteiger partial charge in [0.15, 0.2) is 0 Å². The molecular weight excluding hydrogens is 416 g/mol. The molecule has 0 unspecified atom stereocenters. The number of anilines is 1. The monoisotopic (exact) mass is 446 g/mol. The van der Waals surface area contributed by atoms with Gasteiger partial charge in [-0.05, 0) is 42.9 Å². The molecule has 3 aliphatic rings. The fraction of sp³-hybridized carbons (Fsp3) is 0.565. The third kappa shape index (κ3) is 4.67. The van der Waals surface area contributed by atoms with Gasteiger partial charge in [0, 0.05) is 56.4 Å². The van der Waals surface area contributed by atoms with E-state index in [4.69, 9.17) is 11.6 Å². The molecular formula is C23H31ClN4O3. The molecule has 2 amide bonds. The Morgan fingerprint density at radius 3 is 2.48 bits per heavy atom. The summed E-state index contributed by atoms with van der Waals surface area (Å²) in [5.41, 5.74) is 1.66. The zero-order valence-corrected chi connectivity index (χ0v) is 19.0. The smallest absolute Gasteiger partial charge is 0.246 e. The first-order chi connectivity index (χ1) is 14.8. The van der Waals surface area contributed by atoms with E-state index >= 15 is 0 Å². The second kappa shape index (κ2) is 8.71. The number of hydrogen-bond donors (Lipinski definition) is 2. The van der Waals surface area contributed by atoms with Gasteiger partial charge < -0.3 is 20.2 Å². The van der Waals surface area contributed by atoms with Crippen molar-refractivity contribution in [2.75, 3.05) is 51.1 Å². The van der Waals surface area contributed by atoms with Crippen molar-refractivity contribution in [1.29, 1.82) is 0 Å². The number of benzene rings is 1. The van der Waals surface area contributed by atoms with Gasteiger partial charge in [0.1, 0.15) is 5.75 Å². The number of piperazine rings is 1. The molecule has 2 aliphatic heterocycles. The van der Waals surface area contributed by atoms with Crippen LogP contribution in [0.15, 0.2) is 24.3 Å². The summed E-state index contributed by atoms with van der Waals surface area (Å²) < 4.78 is 0. The molecule has 2 saturated heterocycles. The topological polar surface area (TPSA) is 76.1 Å². The van der Waals surface area contributed by atoms with Crippen LogP contribution in [0, 0.1) is 0 Å². The molecule has 3 fully saturated rings. The highest BCUT2D eigenvalue weighted by Gasteiger charge is 2.41. The van der Waals surface area contributed by atoms with Gasteiger partial charge in [0.05, 0.1) is 12.2 Å². The Hall–Kier alpha value is -2.25. The van der Waals surface area contributed by atoms with E-state index in [9.17, 15) is 14.7 Å². The molecule has 8 heteroatoms. The number of carbonyl (C=O) groups is 2. The quantitative estimate of drug-likeness (QED) is 0.518. The molecule has 1 saturated carbocycles. The summed E-state index contributed by atoms with van der Waals surface area (Å²) in [7, 11) is 0. The van der Waals surface area contributed by atoms with Gasteiger partial charge in [0.25, 0.3) is 0 Å². The number of aromatic hydroxyl groups is 1. The molecule has 1 aromatic rings. The van der Waals surface area contributed by atoms with Gasteiger partial charge >= 0.3 is 0 Å². The average molecular weight is 447 g/mol. The minimum Gasteiger partial charge on any atom is -0.506 e. The zero-order valence-electron chi connectivity index (χ0n) is 18.2. The number of hydrogen-bond acceptors (Lipinski definition) is 5. The molecule has 0 aromatic heterocycles. The normalized spacial score (nSPS) is 21.3. The lowest BCUT2D eigenvalue weighted by Gasteiger charge is -2.47. The third-order valence-electron chi connectivity index (χ3n) is 6.83. The fourth-order valence-electron chi connectivity index (χ4n) is 4.36. The number of nitrogens with one attached hydrogen (secondary N) is 1. The minimum atomic E-state index is 0.0201. The lowest BCUT2D eigenvalue weighted by Crippen LogP contribution is -2.64. The Morgan fingerprint density at radius 1 is 1.19 bits per heavy atom. The van der Waals surface area contributed by atoms with Gasteiger partial charge in [-0.25, -0.2) is 0 Å². The van der Waals surface area contributed by atoms with Crippen LogP contribution in [-0.2, 0) is 15.0 Å². The van der Waals surface area contributed by atoms with Crippen molar-refractivity contribution in [2.45, 2.75) is 38.1 Å². The molecule has 7 nitrogen and oxygen atoms in total. The van der Waals surface area contributed by atoms with Crippen LogP contribution in [0.2, 0.25) is 5.02 Å². The largest absolute Gasteiger partial charge is 0.506 e. The van der Waals surface area contributed by atoms with Crippen molar-refractivity contribution in [3.63, 3.8) is 0 Å². The predicted octanol–water partition coefficient (Wildman–Crippen LogP) is 2.44. The van der Waals surface area contributed by atoms with Crippen LogP contribution in [0.3, 0.4) is 0 Å². The van der Waals surface area contributed by atoms with Gasteiger partial charge in [-0.3, -0.25) is 14.5 Å². The molecule has 0 spiro atoms. The second-order valence-corrected chi connectivity index (χ2v) is 9.48. The first-order valence-electron chi connectivity index (χ1n) is 11.0. The number of likely N-dealkylation sites (tertiary alicyclic amines) is 1. The number of amides is 2. The second-order valence-electron chi connectivity index (χ2n) is 9.08. The summed E-state index contributed by atoms with van der Waals surface area (Å²) in [5, 5.41) is 13.9. The van der Waals surface area contributed by atoms with Crippen molar-refractivity contribution < 1.29 is 14.7 Å². The molecule has 1 aliphatic carbocycles. The standard InChI is InChI=1S/C23H31ClN4O3/c1-3-4-21(30)28-14-16(15-28)26-7-9-27(10-8-26)22(31)13-25-19-11-17(23(2)5-6-23)18(24)12-20(19)29/h3-4,11-12,16,25,29H,5-10,13-15H2,1-2H3/b4-3-. The lowest BCUT2D eigenvalue weighted by molar-refractivity contribution is -0.135. The van der Waals surface area contributed by atoms with Crippen LogP contribution in [0.25, 0.3) is 0 Å². The summed E-state index contributed by atoms with van der Waals surface area (Å²) in [6, 6.07) is 3.83. The number of rotatable bonds is 6. The van der Waals surface area contributed by atoms with Gasteiger partial charge in [-0.2, -0.15) is 0 Å². The number of nitrogens with zero attached hydrogens (tertiary/aromatic N) is 3. The fourth-order valence-corrected chi connectivity index (χ4v) is 4.74. The summed E-state index contributed by atoms with van der Waals surface area (Å²) in [6.07, 6.45) is 5.54. The Kier molecular flexibility index (Phi) is 6.17. The first-order valence-corrected chi connectivity index (χ1v) is 11.4. The maximum absolute atomic E-state index is 12.7. The minimum absolute atomic E-state index is 0.0201. The summed E-state index contributed by atoms with van der Waals surface area (Å²) in [5.74, 6) is 0.159. The number of allylic oxidation sites excluding steroid dienone is 1. The van der Waals surface area contributed by atoms with Crippen molar-refractivity contribution >= 4 is 29.1 Å². The maximum atomic E-state index is 12.7. The van der Waals surface area contributed by atoms with Crippen molar-refractivity contribution in [2.24, 2.45) is 0 Å². The van der Waals surface area contributed by atoms with E-state index in [1.54, 1.807) is 18.2 Å². The Labute approximate surface area is 188 Å². The number of halogens is 1. The predicted molar refractivity (Wildman–Crippen MR) is 122 cm³/mol. The van der Waals surface area contributed by atoms with E-state index < -0.39 is 0 Å². The summed E-state index contributed by atoms with van der Waals surface area (Å²) in [6.45, 7) is 8.66. The van der Waals surface area contributed by atoms with Crippen LogP contribution in [0.4, 0.5) is 5.69 Å². The van der Waals surface area contributed by atoms with E-state index in [1.165, 1.54) is 0 Å². The van der Waals surface area contributed by atoms with Crippen LogP contribution in [0.1, 0.15) is 32.3 Å². The SMILES string of the molecule is C/C=C\C(=O)N1CC(N2CCN(C(=O)CNc3cc(C4(C)CC4)c(Cl)cc3O)CC2)C1. The molecule has 1 aromatic carbocycles. The van der Waals surface area contributed by atoms with Crippen molar-refractivity contribution in [3.8, 4) is 5.75 Å². The summed E-state index contributed by atoms with van der Waals surface area (Å²) >= 11 is 6.32. The summed E-state index contributed by atoms with van der Waals surface area (Å²) in [4.78, 5) is 30.6. The van der Waals surface area contributed by atoms with E-state index in [1.807, 2.05) is 22.8 Å². The molecule has 2 heterocycles. The number of phenols is 1. The molecule has 2 N–H and O–H groups in total. The van der Waals surface area contributed by atoms with E-state index in [-0.39, 0.29) is 29.5 Å². The number of phenolic OH excluding ortho intramolecular Hbond substituents is 1. The van der Waals surface area contributed by atoms with Crippen molar-refractivity contribution in [3.05, 3.63) is 34.9 Å². The van der Waals surface area contributed by atoms with Crippen molar-refractivity contribution in [1.82, 2.24) is 14.7 Å². The van der Waals surface area contributed by atoms with Crippen LogP contribution in [-0.4, -0.2) is 83.5 Å². The van der Waals surface area contributed by atoms with Crippen LogP contribution >= 0.6 is 11.6 Å². The van der Waals surface area contributed by atoms with Crippen LogP contribution < -0.4 is 5.32 Å². The first kappa shape index (κ1) is 22.0. The molecule has 4 rings (SSSR count). The van der Waals surface area contributed by atoms with Gasteiger partial charge in [0.2, 0.25) is 11.8 Å². The molecule has 0 atom stereocenters. The molecule has 0 radical (unpaired) electrons. The highest BCUT2D eigenvalue weighted by molar-refractivity contribution is 6.31. The van der Waals surface area contributed by atoms with E-state index in [2.05, 4.69) is 17.1 Å². The van der Waals surface area contributed by atoms with Gasteiger partial charge in [-0.1, -0.05) is 24.6 Å². The molecule has 31 heavy (non-hydrogen) atoms. The van der Waals surface area contributed by atoms with E-state index in [0.29, 0.717) is 29.8 Å². The van der Waals surface area contributed by atoms with Crippen LogP contribution in [0.5, 0.6) is 5.75 Å². The van der Waals surface area contributed by atoms with Gasteiger partial charge in [-0.15, -0.1) is 0 Å². The Morgan fingerprint density at radius 2 is 1.87 bits per heavy atom. The molecule has 168 valence electrons. The maximum Gasteiger partial charge on any atom is 0.246 e. The molecule has 0 bridgehead atoms. The Bertz CT molecular complexity index is 885. The third-order valence-corrected chi connectivity index (χ3v) is 7.14. The highest BCUT2D eigenvalue weighted by Crippen LogP contribution is 2.51. The lowest BCUT2D eigenvalue weighted by atomic mass is 9.97. The zero-order chi connectivity index (χ0) is 22.2. The highest BCUT2D eigenvalue weighted by atomic mass is 35.5. The van der Waals surface area contributed by atoms with E-state index in [0.717, 1.165) is 44.6 Å². The number of carbonyl (C=O) groups excluding carboxylic acids is 2. The average Bonchev–Trinajstić information content (AvgIpc) is 3.45. The Balaban J connectivity index is 1.25.